The Morgan fingerprint density at radius 3 is 2.61 bits per heavy atom. The van der Waals surface area contributed by atoms with E-state index in [2.05, 4.69) is 65.9 Å². The molecule has 0 aliphatic heterocycles. The molecule has 4 rings (SSSR count). The predicted molar refractivity (Wildman–Crippen MR) is 102 cm³/mol. The normalized spacial score (nSPS) is 11.2. The van der Waals surface area contributed by atoms with Gasteiger partial charge in [0.2, 0.25) is 0 Å². The maximum atomic E-state index is 4.53. The highest BCUT2D eigenvalue weighted by molar-refractivity contribution is 9.10. The van der Waals surface area contributed by atoms with Crippen LogP contribution in [0.3, 0.4) is 0 Å². The number of thiophene rings is 1. The van der Waals surface area contributed by atoms with Crippen molar-refractivity contribution in [3.63, 3.8) is 0 Å². The number of thiazole rings is 1. The van der Waals surface area contributed by atoms with E-state index in [1.54, 1.807) is 40.8 Å². The fourth-order valence-electron chi connectivity index (χ4n) is 2.23. The zero-order valence-corrected chi connectivity index (χ0v) is 16.0. The van der Waals surface area contributed by atoms with E-state index in [1.807, 2.05) is 6.92 Å². The predicted octanol–water partition coefficient (Wildman–Crippen LogP) is 6.04. The van der Waals surface area contributed by atoms with Gasteiger partial charge >= 0.3 is 0 Å². The number of nitrogens with zero attached hydrogens (tertiary/aromatic N) is 3. The second-order valence-corrected chi connectivity index (χ2v) is 8.74. The van der Waals surface area contributed by atoms with E-state index in [9.17, 15) is 0 Å². The highest BCUT2D eigenvalue weighted by atomic mass is 79.9. The van der Waals surface area contributed by atoms with Crippen LogP contribution >= 0.6 is 50.4 Å². The lowest BCUT2D eigenvalue weighted by Gasteiger charge is -2.04. The molecule has 0 fully saturated rings. The molecule has 0 unspecified atom stereocenters. The minimum atomic E-state index is 0.962. The van der Waals surface area contributed by atoms with E-state index >= 15 is 0 Å². The smallest absolute Gasteiger partial charge is 0.156 e. The Balaban J connectivity index is 1.84. The molecule has 0 amide bonds. The number of halogens is 1. The summed E-state index contributed by atoms with van der Waals surface area (Å²) in [5, 5.41) is 6.28. The summed E-state index contributed by atoms with van der Waals surface area (Å²) < 4.78 is 2.08. The Labute approximate surface area is 154 Å². The van der Waals surface area contributed by atoms with Crippen molar-refractivity contribution < 1.29 is 0 Å². The highest BCUT2D eigenvalue weighted by Gasteiger charge is 2.15. The monoisotopic (exact) mass is 419 g/mol. The zero-order chi connectivity index (χ0) is 15.8. The summed E-state index contributed by atoms with van der Waals surface area (Å²) in [6, 6.07) is 8.33. The molecular weight excluding hydrogens is 410 g/mol. The molecule has 4 aromatic rings. The quantitative estimate of drug-likeness (QED) is 0.379. The van der Waals surface area contributed by atoms with Gasteiger partial charge in [0.25, 0.3) is 0 Å². The number of hydrogen-bond donors (Lipinski definition) is 0. The van der Waals surface area contributed by atoms with Crippen molar-refractivity contribution in [2.24, 2.45) is 0 Å². The third-order valence-electron chi connectivity index (χ3n) is 3.27. The number of fused-ring (bicyclic) bond motifs is 1. The Hall–Kier alpha value is -1.28. The molecule has 0 saturated heterocycles. The van der Waals surface area contributed by atoms with Crippen molar-refractivity contribution in [1.29, 1.82) is 0 Å². The molecule has 7 heteroatoms. The number of hydrogen-bond acceptors (Lipinski definition) is 6. The number of benzene rings is 1. The lowest BCUT2D eigenvalue weighted by Crippen LogP contribution is -1.85. The van der Waals surface area contributed by atoms with Crippen LogP contribution in [0.4, 0.5) is 0 Å². The van der Waals surface area contributed by atoms with E-state index in [4.69, 9.17) is 0 Å². The molecule has 3 aromatic heterocycles. The van der Waals surface area contributed by atoms with Gasteiger partial charge in [0, 0.05) is 26.5 Å². The van der Waals surface area contributed by atoms with Crippen LogP contribution in [-0.2, 0) is 0 Å². The fourth-order valence-corrected chi connectivity index (χ4v) is 5.33. The van der Waals surface area contributed by atoms with Crippen LogP contribution in [0.1, 0.15) is 5.69 Å². The average molecular weight is 420 g/mol. The van der Waals surface area contributed by atoms with Crippen LogP contribution in [0.15, 0.2) is 55.2 Å². The molecular formula is C16H10BrN3S3. The average Bonchev–Trinajstić information content (AvgIpc) is 3.15. The summed E-state index contributed by atoms with van der Waals surface area (Å²) in [5.41, 5.74) is 3.39. The Bertz CT molecular complexity index is 976. The molecule has 3 heterocycles. The SMILES string of the molecule is Cc1csc(Sc2ncnc3scc(-c4ccc(Br)cc4)c23)n1. The van der Waals surface area contributed by atoms with Crippen LogP contribution < -0.4 is 0 Å². The largest absolute Gasteiger partial charge is 0.235 e. The van der Waals surface area contributed by atoms with E-state index in [-0.39, 0.29) is 0 Å². The Kier molecular flexibility index (Phi) is 4.19. The lowest BCUT2D eigenvalue weighted by molar-refractivity contribution is 1.10. The first-order chi connectivity index (χ1) is 11.2. The van der Waals surface area contributed by atoms with Gasteiger partial charge in [-0.15, -0.1) is 22.7 Å². The van der Waals surface area contributed by atoms with Crippen LogP contribution in [-0.4, -0.2) is 15.0 Å². The second kappa shape index (κ2) is 6.32. The maximum absolute atomic E-state index is 4.53. The van der Waals surface area contributed by atoms with E-state index in [1.165, 1.54) is 11.1 Å². The van der Waals surface area contributed by atoms with E-state index in [0.717, 1.165) is 29.7 Å². The van der Waals surface area contributed by atoms with E-state index in [0.29, 0.717) is 0 Å². The molecule has 0 radical (unpaired) electrons. The molecule has 0 saturated carbocycles. The first-order valence-electron chi connectivity index (χ1n) is 6.79. The third kappa shape index (κ3) is 3.06. The minimum absolute atomic E-state index is 0.962. The molecule has 3 nitrogen and oxygen atoms in total. The molecule has 0 N–H and O–H groups in total. The molecule has 0 aliphatic carbocycles. The van der Waals surface area contributed by atoms with Crippen molar-refractivity contribution in [1.82, 2.24) is 15.0 Å². The van der Waals surface area contributed by atoms with Gasteiger partial charge in [-0.2, -0.15) is 0 Å². The Morgan fingerprint density at radius 1 is 1.04 bits per heavy atom. The Morgan fingerprint density at radius 2 is 1.87 bits per heavy atom. The molecule has 0 aliphatic rings. The van der Waals surface area contributed by atoms with Gasteiger partial charge in [0.05, 0.1) is 5.39 Å². The number of rotatable bonds is 3. The van der Waals surface area contributed by atoms with Gasteiger partial charge in [0.15, 0.2) is 4.34 Å². The summed E-state index contributed by atoms with van der Waals surface area (Å²) in [6.07, 6.45) is 1.63. The van der Waals surface area contributed by atoms with Gasteiger partial charge in [-0.05, 0) is 36.4 Å². The summed E-state index contributed by atoms with van der Waals surface area (Å²) in [7, 11) is 0. The first kappa shape index (κ1) is 15.3. The second-order valence-electron chi connectivity index (χ2n) is 4.87. The topological polar surface area (TPSA) is 38.7 Å². The zero-order valence-electron chi connectivity index (χ0n) is 12.0. The van der Waals surface area contributed by atoms with Crippen molar-refractivity contribution in [2.45, 2.75) is 16.3 Å². The van der Waals surface area contributed by atoms with Crippen molar-refractivity contribution in [3.8, 4) is 11.1 Å². The highest BCUT2D eigenvalue weighted by Crippen LogP contribution is 2.40. The molecule has 0 bridgehead atoms. The summed E-state index contributed by atoms with van der Waals surface area (Å²) in [4.78, 5) is 14.5. The molecule has 0 atom stereocenters. The summed E-state index contributed by atoms with van der Waals surface area (Å²) in [5.74, 6) is 0. The maximum Gasteiger partial charge on any atom is 0.156 e. The standard InChI is InChI=1S/C16H10BrN3S3/c1-9-6-22-16(20-9)23-15-13-12(7-21-14(13)18-8-19-15)10-2-4-11(17)5-3-10/h2-8H,1H3. The molecule has 114 valence electrons. The third-order valence-corrected chi connectivity index (χ3v) is 6.75. The van der Waals surface area contributed by atoms with Crippen molar-refractivity contribution in [3.05, 3.63) is 51.5 Å². The van der Waals surface area contributed by atoms with Gasteiger partial charge in [-0.3, -0.25) is 0 Å². The van der Waals surface area contributed by atoms with Crippen LogP contribution in [0, 0.1) is 6.92 Å². The van der Waals surface area contributed by atoms with E-state index < -0.39 is 0 Å². The number of aromatic nitrogens is 3. The minimum Gasteiger partial charge on any atom is -0.235 e. The van der Waals surface area contributed by atoms with Gasteiger partial charge in [-0.1, -0.05) is 28.1 Å². The summed E-state index contributed by atoms with van der Waals surface area (Å²) in [6.45, 7) is 2.01. The molecule has 1 aromatic carbocycles. The van der Waals surface area contributed by atoms with Gasteiger partial charge in [-0.25, -0.2) is 15.0 Å². The van der Waals surface area contributed by atoms with Gasteiger partial charge < -0.3 is 0 Å². The molecule has 0 spiro atoms. The fraction of sp³-hybridized carbons (Fsp3) is 0.0625. The van der Waals surface area contributed by atoms with Crippen molar-refractivity contribution >= 4 is 60.6 Å². The lowest BCUT2D eigenvalue weighted by atomic mass is 10.1. The van der Waals surface area contributed by atoms with Gasteiger partial charge in [0.1, 0.15) is 16.2 Å². The van der Waals surface area contributed by atoms with Crippen LogP contribution in [0.5, 0.6) is 0 Å². The van der Waals surface area contributed by atoms with Crippen LogP contribution in [0.25, 0.3) is 21.3 Å². The molecule has 23 heavy (non-hydrogen) atoms. The van der Waals surface area contributed by atoms with Crippen LogP contribution in [0.2, 0.25) is 0 Å². The summed E-state index contributed by atoms with van der Waals surface area (Å²) >= 11 is 8.39. The number of aryl methyl sites for hydroxylation is 1. The first-order valence-corrected chi connectivity index (χ1v) is 10.2. The van der Waals surface area contributed by atoms with Crippen molar-refractivity contribution in [2.75, 3.05) is 0 Å².